The van der Waals surface area contributed by atoms with Gasteiger partial charge in [0.15, 0.2) is 0 Å². The highest BCUT2D eigenvalue weighted by Gasteiger charge is 1.32. The fraction of sp³-hybridized carbons (Fsp3) is 1.00. The van der Waals surface area contributed by atoms with Crippen LogP contribution in [0.5, 0.6) is 0 Å². The molecule has 0 heterocycles. The highest BCUT2D eigenvalue weighted by molar-refractivity contribution is 4.00. The molecule has 0 saturated heterocycles. The summed E-state index contributed by atoms with van der Waals surface area (Å²) < 4.78 is 0. The molecule has 0 fully saturated rings. The van der Waals surface area contributed by atoms with Gasteiger partial charge < -0.3 is 5.73 Å². The minimum Gasteiger partial charge on any atom is -0.331 e. The second kappa shape index (κ2) is 37.6. The minimum absolute atomic E-state index is 0.750. The highest BCUT2D eigenvalue weighted by atomic mass is 14.5. The van der Waals surface area contributed by atoms with Crippen LogP contribution in [0.3, 0.4) is 0 Å². The predicted molar refractivity (Wildman–Crippen MR) is 26.1 cm³/mol. The number of nitrogens with two attached hydrogens (primary N) is 1. The van der Waals surface area contributed by atoms with Crippen molar-refractivity contribution in [3.05, 3.63) is 0 Å². The van der Waals surface area contributed by atoms with E-state index in [0.717, 1.165) is 6.54 Å². The maximum Gasteiger partial charge on any atom is -0.0106 e. The van der Waals surface area contributed by atoms with Gasteiger partial charge in [-0.2, -0.15) is 0 Å². The quantitative estimate of drug-likeness (QED) is 0.456. The molecule has 0 aromatic rings. The molecule has 34 valence electrons. The first-order valence-electron chi connectivity index (χ1n) is 2.12. The molecule has 0 bridgehead atoms. The van der Waals surface area contributed by atoms with Crippen LogP contribution in [-0.4, -0.2) is 6.54 Å². The average Bonchev–Trinajstić information content (AvgIpc) is 1.46. The second-order valence-electron chi connectivity index (χ2n) is 0.408. The van der Waals surface area contributed by atoms with Crippen LogP contribution in [-0.2, 0) is 0 Å². The summed E-state index contributed by atoms with van der Waals surface area (Å²) >= 11 is 0. The molecular formula is C4H13N. The molecule has 0 aliphatic rings. The fourth-order valence-corrected chi connectivity index (χ4v) is 0. The molecule has 0 aromatic carbocycles. The zero-order valence-corrected chi connectivity index (χ0v) is 4.28. The van der Waals surface area contributed by atoms with Crippen molar-refractivity contribution >= 4 is 0 Å². The van der Waals surface area contributed by atoms with Gasteiger partial charge >= 0.3 is 0 Å². The normalized spacial score (nSPS) is 4.80. The summed E-state index contributed by atoms with van der Waals surface area (Å²) in [6.45, 7) is 6.65. The van der Waals surface area contributed by atoms with Crippen LogP contribution in [0.2, 0.25) is 0 Å². The lowest BCUT2D eigenvalue weighted by Gasteiger charge is -1.53. The van der Waals surface area contributed by atoms with Gasteiger partial charge in [0, 0.05) is 0 Å². The minimum atomic E-state index is 0.750. The molecule has 1 heteroatoms. The lowest BCUT2D eigenvalue weighted by molar-refractivity contribution is 1.14. The first-order valence-corrected chi connectivity index (χ1v) is 2.12. The summed E-state index contributed by atoms with van der Waals surface area (Å²) in [6, 6.07) is 0. The highest BCUT2D eigenvalue weighted by Crippen LogP contribution is 1.20. The van der Waals surface area contributed by atoms with Crippen LogP contribution in [0.1, 0.15) is 20.8 Å². The van der Waals surface area contributed by atoms with Crippen molar-refractivity contribution in [2.75, 3.05) is 6.54 Å². The molecule has 1 nitrogen and oxygen atoms in total. The van der Waals surface area contributed by atoms with E-state index in [2.05, 4.69) is 0 Å². The van der Waals surface area contributed by atoms with E-state index in [0.29, 0.717) is 0 Å². The third kappa shape index (κ3) is 9510. The van der Waals surface area contributed by atoms with Gasteiger partial charge in [0.25, 0.3) is 0 Å². The monoisotopic (exact) mass is 75.1 g/mol. The van der Waals surface area contributed by atoms with Gasteiger partial charge in [0.05, 0.1) is 0 Å². The molecule has 0 radical (unpaired) electrons. The van der Waals surface area contributed by atoms with Crippen molar-refractivity contribution in [3.63, 3.8) is 0 Å². The Balaban J connectivity index is 0. The Kier molecular flexibility index (Phi) is 66.8. The molecule has 0 aliphatic carbocycles. The lowest BCUT2D eigenvalue weighted by atomic mass is 10.8. The summed E-state index contributed by atoms with van der Waals surface area (Å²) in [6.07, 6.45) is 0. The summed E-state index contributed by atoms with van der Waals surface area (Å²) in [5.74, 6) is 0. The molecule has 0 aliphatic heterocycles. The third-order valence-corrected chi connectivity index (χ3v) is 0. The Hall–Kier alpha value is -0.0400. The largest absolute Gasteiger partial charge is 0.331 e. The first kappa shape index (κ1) is 8.88. The van der Waals surface area contributed by atoms with Crippen molar-refractivity contribution in [3.8, 4) is 0 Å². The zero-order valence-electron chi connectivity index (χ0n) is 4.28. The smallest absolute Gasteiger partial charge is 0.0106 e. The average molecular weight is 75.2 g/mol. The lowest BCUT2D eigenvalue weighted by Crippen LogP contribution is -1.87. The van der Waals surface area contributed by atoms with Gasteiger partial charge in [0.2, 0.25) is 0 Å². The van der Waals surface area contributed by atoms with Crippen molar-refractivity contribution in [1.29, 1.82) is 0 Å². The van der Waals surface area contributed by atoms with Gasteiger partial charge in [0.1, 0.15) is 0 Å². The molecule has 0 rings (SSSR count). The molecule has 0 unspecified atom stereocenters. The molecule has 0 saturated carbocycles. The maximum atomic E-state index is 4.85. The Labute approximate surface area is 34.2 Å². The van der Waals surface area contributed by atoms with Gasteiger partial charge in [-0.3, -0.25) is 0 Å². The molecule has 5 heavy (non-hydrogen) atoms. The topological polar surface area (TPSA) is 26.0 Å². The maximum absolute atomic E-state index is 4.85. The molecule has 0 atom stereocenters. The zero-order chi connectivity index (χ0) is 4.71. The Morgan fingerprint density at radius 3 is 1.40 bits per heavy atom. The van der Waals surface area contributed by atoms with E-state index in [1.807, 2.05) is 20.8 Å². The number of rotatable bonds is 0. The van der Waals surface area contributed by atoms with Crippen molar-refractivity contribution < 1.29 is 0 Å². The molecule has 2 N–H and O–H groups in total. The van der Waals surface area contributed by atoms with Crippen LogP contribution < -0.4 is 5.73 Å². The molecular weight excluding hydrogens is 62.1 g/mol. The van der Waals surface area contributed by atoms with E-state index >= 15 is 0 Å². The van der Waals surface area contributed by atoms with Crippen molar-refractivity contribution in [1.82, 2.24) is 0 Å². The van der Waals surface area contributed by atoms with Crippen LogP contribution in [0, 0.1) is 0 Å². The summed E-state index contributed by atoms with van der Waals surface area (Å²) in [5.41, 5.74) is 4.85. The Morgan fingerprint density at radius 2 is 1.40 bits per heavy atom. The van der Waals surface area contributed by atoms with Gasteiger partial charge in [-0.25, -0.2) is 0 Å². The van der Waals surface area contributed by atoms with Crippen molar-refractivity contribution in [2.24, 2.45) is 5.73 Å². The van der Waals surface area contributed by atoms with Gasteiger partial charge in [-0.05, 0) is 6.54 Å². The first-order chi connectivity index (χ1) is 2.41. The van der Waals surface area contributed by atoms with Crippen LogP contribution in [0.25, 0.3) is 0 Å². The van der Waals surface area contributed by atoms with E-state index < -0.39 is 0 Å². The summed E-state index contributed by atoms with van der Waals surface area (Å²) in [5, 5.41) is 0. The van der Waals surface area contributed by atoms with Crippen LogP contribution in [0.15, 0.2) is 0 Å². The van der Waals surface area contributed by atoms with E-state index in [1.54, 1.807) is 0 Å². The predicted octanol–water partition coefficient (Wildman–Crippen LogP) is 0.991. The fourth-order valence-electron chi connectivity index (χ4n) is 0. The third-order valence-electron chi connectivity index (χ3n) is 0. The van der Waals surface area contributed by atoms with E-state index in [9.17, 15) is 0 Å². The second-order valence-corrected chi connectivity index (χ2v) is 0.408. The molecule has 0 aromatic heterocycles. The SMILES string of the molecule is CC.CCN. The van der Waals surface area contributed by atoms with Gasteiger partial charge in [-0.1, -0.05) is 20.8 Å². The summed E-state index contributed by atoms with van der Waals surface area (Å²) in [7, 11) is 0. The number of hydrogen-bond donors (Lipinski definition) is 1. The molecule has 0 amide bonds. The Morgan fingerprint density at radius 1 is 1.40 bits per heavy atom. The standard InChI is InChI=1S/C2H7N.C2H6/c1-2-3;1-2/h2-3H2,1H3;1-2H3. The van der Waals surface area contributed by atoms with Crippen LogP contribution in [0.4, 0.5) is 0 Å². The van der Waals surface area contributed by atoms with E-state index in [4.69, 9.17) is 5.73 Å². The van der Waals surface area contributed by atoms with E-state index in [1.165, 1.54) is 0 Å². The number of hydrogen-bond acceptors (Lipinski definition) is 1. The summed E-state index contributed by atoms with van der Waals surface area (Å²) in [4.78, 5) is 0. The van der Waals surface area contributed by atoms with Crippen LogP contribution >= 0.6 is 0 Å². The Bertz CT molecular complexity index is 3.61. The van der Waals surface area contributed by atoms with Crippen molar-refractivity contribution in [2.45, 2.75) is 20.8 Å². The van der Waals surface area contributed by atoms with Gasteiger partial charge in [-0.15, -0.1) is 0 Å². The van der Waals surface area contributed by atoms with E-state index in [-0.39, 0.29) is 0 Å². The molecule has 0 spiro atoms.